The molecule has 0 N–H and O–H groups in total. The number of nitrogens with zero attached hydrogens (tertiary/aromatic N) is 1. The van der Waals surface area contributed by atoms with Gasteiger partial charge < -0.3 is 4.74 Å². The van der Waals surface area contributed by atoms with Gasteiger partial charge in [0.1, 0.15) is 5.82 Å². The van der Waals surface area contributed by atoms with E-state index >= 15 is 0 Å². The minimum Gasteiger partial charge on any atom is -0.377 e. The van der Waals surface area contributed by atoms with Crippen molar-refractivity contribution in [1.29, 1.82) is 0 Å². The Labute approximate surface area is 119 Å². The normalized spacial score (nSPS) is 19.2. The van der Waals surface area contributed by atoms with E-state index in [9.17, 15) is 9.18 Å². The molecule has 3 nitrogen and oxygen atoms in total. The van der Waals surface area contributed by atoms with Gasteiger partial charge in [0.25, 0.3) is 0 Å². The highest BCUT2D eigenvalue weighted by atomic mass is 19.1. The molecule has 1 unspecified atom stereocenters. The molecule has 1 atom stereocenters. The second-order valence-electron chi connectivity index (χ2n) is 5.49. The van der Waals surface area contributed by atoms with Crippen LogP contribution in [-0.2, 0) is 16.0 Å². The van der Waals surface area contributed by atoms with Crippen LogP contribution < -0.4 is 0 Å². The van der Waals surface area contributed by atoms with E-state index in [-0.39, 0.29) is 24.1 Å². The molecule has 1 aliphatic heterocycles. The first-order chi connectivity index (χ1) is 9.65. The third-order valence-corrected chi connectivity index (χ3v) is 3.58. The number of hydrogen-bond donors (Lipinski definition) is 0. The number of hydrogen-bond acceptors (Lipinski definition) is 3. The topological polar surface area (TPSA) is 29.5 Å². The summed E-state index contributed by atoms with van der Waals surface area (Å²) in [4.78, 5) is 13.9. The van der Waals surface area contributed by atoms with Gasteiger partial charge in [-0.25, -0.2) is 4.39 Å². The molecule has 1 saturated heterocycles. The van der Waals surface area contributed by atoms with Gasteiger partial charge in [-0.2, -0.15) is 0 Å². The summed E-state index contributed by atoms with van der Waals surface area (Å²) in [5.41, 5.74) is 0.472. The molecular formula is C16H22FNO2. The second kappa shape index (κ2) is 7.50. The van der Waals surface area contributed by atoms with Crippen molar-refractivity contribution in [2.24, 2.45) is 0 Å². The predicted octanol–water partition coefficient (Wildman–Crippen LogP) is 2.44. The maximum Gasteiger partial charge on any atom is 0.151 e. The zero-order valence-electron chi connectivity index (χ0n) is 12.0. The Balaban J connectivity index is 1.77. The quantitative estimate of drug-likeness (QED) is 0.801. The smallest absolute Gasteiger partial charge is 0.151 e. The summed E-state index contributed by atoms with van der Waals surface area (Å²) < 4.78 is 19.1. The summed E-state index contributed by atoms with van der Waals surface area (Å²) in [6.07, 6.45) is 3.78. The first-order valence-corrected chi connectivity index (χ1v) is 7.20. The lowest BCUT2D eigenvalue weighted by atomic mass is 10.1. The zero-order valence-corrected chi connectivity index (χ0v) is 12.0. The van der Waals surface area contributed by atoms with E-state index in [0.717, 1.165) is 26.0 Å². The van der Waals surface area contributed by atoms with Crippen LogP contribution in [0.3, 0.4) is 0 Å². The number of halogens is 1. The average molecular weight is 279 g/mol. The molecule has 0 aromatic heterocycles. The van der Waals surface area contributed by atoms with E-state index in [0.29, 0.717) is 12.1 Å². The standard InChI is InChI=1S/C16H22FNO2/c1-18(12-15-7-4-5-9-20-15)11-14(19)10-13-6-2-3-8-16(13)17/h2-3,6,8,15H,4-5,7,9-12H2,1H3. The van der Waals surface area contributed by atoms with Crippen molar-refractivity contribution < 1.29 is 13.9 Å². The first-order valence-electron chi connectivity index (χ1n) is 7.20. The highest BCUT2D eigenvalue weighted by molar-refractivity contribution is 5.82. The molecule has 4 heteroatoms. The average Bonchev–Trinajstić information content (AvgIpc) is 2.42. The van der Waals surface area contributed by atoms with Crippen LogP contribution in [0.5, 0.6) is 0 Å². The van der Waals surface area contributed by atoms with Crippen molar-refractivity contribution >= 4 is 5.78 Å². The third kappa shape index (κ3) is 4.69. The van der Waals surface area contributed by atoms with E-state index in [1.165, 1.54) is 12.5 Å². The Morgan fingerprint density at radius 3 is 2.90 bits per heavy atom. The summed E-state index contributed by atoms with van der Waals surface area (Å²) in [7, 11) is 1.91. The molecule has 0 saturated carbocycles. The third-order valence-electron chi connectivity index (χ3n) is 3.58. The molecule has 0 bridgehead atoms. The Bertz CT molecular complexity index is 444. The van der Waals surface area contributed by atoms with Crippen LogP contribution in [-0.4, -0.2) is 43.5 Å². The second-order valence-corrected chi connectivity index (χ2v) is 5.49. The van der Waals surface area contributed by atoms with Crippen LogP contribution in [0.4, 0.5) is 4.39 Å². The molecule has 1 aliphatic rings. The lowest BCUT2D eigenvalue weighted by Crippen LogP contribution is -2.36. The van der Waals surface area contributed by atoms with Crippen molar-refractivity contribution in [3.05, 3.63) is 35.6 Å². The van der Waals surface area contributed by atoms with Gasteiger partial charge >= 0.3 is 0 Å². The van der Waals surface area contributed by atoms with Crippen molar-refractivity contribution in [2.75, 3.05) is 26.7 Å². The van der Waals surface area contributed by atoms with Crippen LogP contribution in [0.1, 0.15) is 24.8 Å². The molecule has 0 spiro atoms. The highest BCUT2D eigenvalue weighted by Gasteiger charge is 2.17. The molecule has 2 rings (SSSR count). The zero-order chi connectivity index (χ0) is 14.4. The van der Waals surface area contributed by atoms with Crippen LogP contribution in [0, 0.1) is 5.82 Å². The Hall–Kier alpha value is -1.26. The summed E-state index contributed by atoms with van der Waals surface area (Å²) in [6.45, 7) is 1.93. The number of ketones is 1. The summed E-state index contributed by atoms with van der Waals surface area (Å²) >= 11 is 0. The molecule has 20 heavy (non-hydrogen) atoms. The molecule has 0 radical (unpaired) electrons. The van der Waals surface area contributed by atoms with Crippen LogP contribution >= 0.6 is 0 Å². The van der Waals surface area contributed by atoms with Crippen LogP contribution in [0.25, 0.3) is 0 Å². The summed E-state index contributed by atoms with van der Waals surface area (Å²) in [5.74, 6) is -0.271. The maximum absolute atomic E-state index is 13.5. The number of carbonyl (C=O) groups is 1. The van der Waals surface area contributed by atoms with E-state index in [1.54, 1.807) is 18.2 Å². The minimum atomic E-state index is -0.306. The molecule has 1 heterocycles. The monoisotopic (exact) mass is 279 g/mol. The fourth-order valence-corrected chi connectivity index (χ4v) is 2.57. The Kier molecular flexibility index (Phi) is 5.68. The number of carbonyl (C=O) groups excluding carboxylic acids is 1. The maximum atomic E-state index is 13.5. The largest absolute Gasteiger partial charge is 0.377 e. The number of rotatable bonds is 6. The Morgan fingerprint density at radius 1 is 1.40 bits per heavy atom. The number of ether oxygens (including phenoxy) is 1. The van der Waals surface area contributed by atoms with Crippen molar-refractivity contribution in [2.45, 2.75) is 31.8 Å². The predicted molar refractivity (Wildman–Crippen MR) is 76.2 cm³/mol. The summed E-state index contributed by atoms with van der Waals surface area (Å²) in [6, 6.07) is 6.45. The molecule has 1 aromatic rings. The Morgan fingerprint density at radius 2 is 2.20 bits per heavy atom. The fourth-order valence-electron chi connectivity index (χ4n) is 2.57. The van der Waals surface area contributed by atoms with Gasteiger partial charge in [0, 0.05) is 19.6 Å². The van der Waals surface area contributed by atoms with E-state index < -0.39 is 0 Å². The highest BCUT2D eigenvalue weighted by Crippen LogP contribution is 2.13. The van der Waals surface area contributed by atoms with E-state index in [2.05, 4.69) is 0 Å². The van der Waals surface area contributed by atoms with Crippen molar-refractivity contribution in [1.82, 2.24) is 4.90 Å². The molecule has 0 amide bonds. The SMILES string of the molecule is CN(CC(=O)Cc1ccccc1F)CC1CCCCO1. The van der Waals surface area contributed by atoms with Gasteiger partial charge in [0.05, 0.1) is 12.6 Å². The molecule has 1 fully saturated rings. The van der Waals surface area contributed by atoms with Gasteiger partial charge in [-0.1, -0.05) is 18.2 Å². The number of likely N-dealkylation sites (N-methyl/N-ethyl adjacent to an activating group) is 1. The first kappa shape index (κ1) is 15.1. The number of Topliss-reactive ketones (excluding diaryl/α,β-unsaturated/α-hetero) is 1. The lowest BCUT2D eigenvalue weighted by Gasteiger charge is -2.27. The fraction of sp³-hybridized carbons (Fsp3) is 0.562. The molecular weight excluding hydrogens is 257 g/mol. The van der Waals surface area contributed by atoms with Crippen LogP contribution in [0.15, 0.2) is 24.3 Å². The molecule has 110 valence electrons. The van der Waals surface area contributed by atoms with E-state index in [4.69, 9.17) is 4.74 Å². The summed E-state index contributed by atoms with van der Waals surface area (Å²) in [5, 5.41) is 0. The van der Waals surface area contributed by atoms with Gasteiger partial charge in [0.15, 0.2) is 5.78 Å². The van der Waals surface area contributed by atoms with Gasteiger partial charge in [0.2, 0.25) is 0 Å². The minimum absolute atomic E-state index is 0.0356. The van der Waals surface area contributed by atoms with Gasteiger partial charge in [-0.3, -0.25) is 9.69 Å². The molecule has 1 aromatic carbocycles. The van der Waals surface area contributed by atoms with Crippen molar-refractivity contribution in [3.8, 4) is 0 Å². The van der Waals surface area contributed by atoms with Crippen molar-refractivity contribution in [3.63, 3.8) is 0 Å². The van der Waals surface area contributed by atoms with Crippen LogP contribution in [0.2, 0.25) is 0 Å². The van der Waals surface area contributed by atoms with Gasteiger partial charge in [-0.05, 0) is 37.9 Å². The lowest BCUT2D eigenvalue weighted by molar-refractivity contribution is -0.119. The molecule has 0 aliphatic carbocycles. The van der Waals surface area contributed by atoms with Gasteiger partial charge in [-0.15, -0.1) is 0 Å². The number of benzene rings is 1. The van der Waals surface area contributed by atoms with E-state index in [1.807, 2.05) is 11.9 Å².